The van der Waals surface area contributed by atoms with Gasteiger partial charge in [-0.05, 0) is 30.7 Å². The number of anilines is 1. The summed E-state index contributed by atoms with van der Waals surface area (Å²) in [6, 6.07) is 10.5. The number of hydrogen-bond acceptors (Lipinski definition) is 7. The lowest BCUT2D eigenvalue weighted by Gasteiger charge is -2.35. The second-order valence-corrected chi connectivity index (χ2v) is 9.75. The van der Waals surface area contributed by atoms with Crippen LogP contribution in [0.15, 0.2) is 53.6 Å². The van der Waals surface area contributed by atoms with Crippen molar-refractivity contribution in [1.82, 2.24) is 24.2 Å². The number of rotatable bonds is 6. The van der Waals surface area contributed by atoms with Crippen LogP contribution < -0.4 is 15.2 Å². The van der Waals surface area contributed by atoms with Crippen molar-refractivity contribution in [2.75, 3.05) is 31.1 Å². The minimum absolute atomic E-state index is 0.00763. The van der Waals surface area contributed by atoms with Gasteiger partial charge in [-0.1, -0.05) is 23.8 Å². The zero-order valence-electron chi connectivity index (χ0n) is 21.4. The predicted molar refractivity (Wildman–Crippen MR) is 139 cm³/mol. The van der Waals surface area contributed by atoms with E-state index in [-0.39, 0.29) is 30.0 Å². The molecule has 0 unspecified atom stereocenters. The van der Waals surface area contributed by atoms with E-state index in [0.29, 0.717) is 48.7 Å². The molecule has 12 heteroatoms. The summed E-state index contributed by atoms with van der Waals surface area (Å²) in [5.41, 5.74) is 3.45. The Bertz CT molecular complexity index is 1620. The van der Waals surface area contributed by atoms with Crippen LogP contribution in [0.1, 0.15) is 11.1 Å². The minimum Gasteiger partial charge on any atom is -0.447 e. The van der Waals surface area contributed by atoms with E-state index < -0.39 is 6.61 Å². The molecular weight excluding hydrogens is 510 g/mol. The van der Waals surface area contributed by atoms with Crippen molar-refractivity contribution in [3.8, 4) is 16.9 Å². The van der Waals surface area contributed by atoms with Crippen LogP contribution >= 0.6 is 0 Å². The van der Waals surface area contributed by atoms with Gasteiger partial charge in [0.25, 0.3) is 5.56 Å². The Morgan fingerprint density at radius 3 is 2.64 bits per heavy atom. The number of fused-ring (bicyclic) bond motifs is 2. The van der Waals surface area contributed by atoms with E-state index in [1.165, 1.54) is 10.7 Å². The Morgan fingerprint density at radius 2 is 1.87 bits per heavy atom. The summed E-state index contributed by atoms with van der Waals surface area (Å²) in [6.45, 7) is 1.21. The maximum atomic E-state index is 13.0. The van der Waals surface area contributed by atoms with Crippen LogP contribution in [0.3, 0.4) is 0 Å². The van der Waals surface area contributed by atoms with Crippen molar-refractivity contribution in [2.45, 2.75) is 26.1 Å². The lowest BCUT2D eigenvalue weighted by Crippen LogP contribution is -2.52. The number of cyclic esters (lactones) is 1. The highest BCUT2D eigenvalue weighted by Crippen LogP contribution is 2.28. The quantitative estimate of drug-likeness (QED) is 0.373. The zero-order chi connectivity index (χ0) is 27.3. The molecule has 4 aromatic rings. The van der Waals surface area contributed by atoms with Gasteiger partial charge in [0, 0.05) is 50.2 Å². The Hall–Kier alpha value is -4.48. The van der Waals surface area contributed by atoms with Crippen molar-refractivity contribution < 1.29 is 23.0 Å². The van der Waals surface area contributed by atoms with Crippen LogP contribution in [0.4, 0.5) is 19.5 Å². The van der Waals surface area contributed by atoms with E-state index in [0.717, 1.165) is 16.7 Å². The van der Waals surface area contributed by atoms with Gasteiger partial charge in [0.05, 0.1) is 23.5 Å². The molecule has 0 spiro atoms. The van der Waals surface area contributed by atoms with Crippen molar-refractivity contribution in [1.29, 1.82) is 0 Å². The van der Waals surface area contributed by atoms with E-state index in [9.17, 15) is 18.4 Å². The molecular formula is C27H26F2N6O4. The summed E-state index contributed by atoms with van der Waals surface area (Å²) in [5.74, 6) is 0.640. The van der Waals surface area contributed by atoms with Gasteiger partial charge in [-0.25, -0.2) is 14.8 Å². The molecule has 0 radical (unpaired) electrons. The van der Waals surface area contributed by atoms with Crippen molar-refractivity contribution in [3.05, 3.63) is 70.3 Å². The number of carbonyl (C=O) groups excluding carboxylic acids is 1. The molecule has 0 bridgehead atoms. The molecule has 1 atom stereocenters. The Morgan fingerprint density at radius 1 is 1.08 bits per heavy atom. The van der Waals surface area contributed by atoms with Crippen LogP contribution in [0.2, 0.25) is 0 Å². The molecule has 2 aromatic carbocycles. The van der Waals surface area contributed by atoms with Gasteiger partial charge in [-0.15, -0.1) is 0 Å². The number of amides is 1. The van der Waals surface area contributed by atoms with E-state index in [1.807, 2.05) is 24.0 Å². The largest absolute Gasteiger partial charge is 0.447 e. The molecule has 2 fully saturated rings. The second kappa shape index (κ2) is 9.68. The standard InChI is InChI=1S/C27H26F2N6O4/c1-16-3-6-23(39-25(28)29)18(9-16)13-35-22-10-17(4-5-21(22)24(36)32(35)2)19-11-30-26(31-12-19)33-7-8-34-20(14-33)15-38-27(34)37/h3-6,9-12,20,25H,7-8,13-15H2,1-2H3/t20-/m1/s1. The van der Waals surface area contributed by atoms with E-state index in [4.69, 9.17) is 9.47 Å². The van der Waals surface area contributed by atoms with Crippen molar-refractivity contribution in [3.63, 3.8) is 0 Å². The van der Waals surface area contributed by atoms with Gasteiger partial charge < -0.3 is 14.4 Å². The smallest absolute Gasteiger partial charge is 0.410 e. The first kappa shape index (κ1) is 24.8. The van der Waals surface area contributed by atoms with Crippen LogP contribution in [0.25, 0.3) is 22.0 Å². The number of hydrogen-bond donors (Lipinski definition) is 0. The molecule has 2 aromatic heterocycles. The average Bonchev–Trinajstić information content (AvgIpc) is 3.42. The fourth-order valence-corrected chi connectivity index (χ4v) is 5.25. The Labute approximate surface area is 222 Å². The van der Waals surface area contributed by atoms with Gasteiger partial charge in [-0.2, -0.15) is 8.78 Å². The first-order chi connectivity index (χ1) is 18.8. The molecule has 2 aliphatic rings. The van der Waals surface area contributed by atoms with Gasteiger partial charge in [0.1, 0.15) is 12.4 Å². The highest BCUT2D eigenvalue weighted by Gasteiger charge is 2.38. The Kier molecular flexibility index (Phi) is 6.16. The molecule has 0 aliphatic carbocycles. The summed E-state index contributed by atoms with van der Waals surface area (Å²) in [4.78, 5) is 37.6. The van der Waals surface area contributed by atoms with Gasteiger partial charge in [0.15, 0.2) is 0 Å². The Balaban J connectivity index is 1.30. The number of aryl methyl sites for hydroxylation is 1. The fraction of sp³-hybridized carbons (Fsp3) is 0.333. The first-order valence-electron chi connectivity index (χ1n) is 12.5. The molecule has 39 heavy (non-hydrogen) atoms. The van der Waals surface area contributed by atoms with Crippen LogP contribution in [-0.2, 0) is 18.3 Å². The van der Waals surface area contributed by atoms with Crippen LogP contribution in [0.5, 0.6) is 5.75 Å². The monoisotopic (exact) mass is 536 g/mol. The SMILES string of the molecule is Cc1ccc(OC(F)F)c(Cn2c3cc(-c4cnc(N5CCN6C(=O)OC[C@H]6C5)nc4)ccc3c(=O)n2C)c1. The third kappa shape index (κ3) is 4.55. The molecule has 0 saturated carbocycles. The van der Waals surface area contributed by atoms with E-state index in [2.05, 4.69) is 9.97 Å². The molecule has 2 aliphatic heterocycles. The molecule has 4 heterocycles. The molecule has 202 valence electrons. The number of piperazine rings is 1. The van der Waals surface area contributed by atoms with E-state index >= 15 is 0 Å². The highest BCUT2D eigenvalue weighted by molar-refractivity contribution is 5.84. The van der Waals surface area contributed by atoms with Crippen molar-refractivity contribution in [2.24, 2.45) is 7.05 Å². The lowest BCUT2D eigenvalue weighted by atomic mass is 10.1. The normalized spacial score (nSPS) is 17.2. The zero-order valence-corrected chi connectivity index (χ0v) is 21.4. The number of benzene rings is 2. The van der Waals surface area contributed by atoms with Gasteiger partial charge in [0.2, 0.25) is 5.95 Å². The summed E-state index contributed by atoms with van der Waals surface area (Å²) >= 11 is 0. The van der Waals surface area contributed by atoms with Gasteiger partial charge >= 0.3 is 12.7 Å². The fourth-order valence-electron chi connectivity index (χ4n) is 5.25. The average molecular weight is 537 g/mol. The molecule has 6 rings (SSSR count). The third-order valence-corrected chi connectivity index (χ3v) is 7.29. The first-order valence-corrected chi connectivity index (χ1v) is 12.5. The summed E-state index contributed by atoms with van der Waals surface area (Å²) in [7, 11) is 1.64. The van der Waals surface area contributed by atoms with Crippen LogP contribution in [0, 0.1) is 6.92 Å². The minimum atomic E-state index is -2.95. The second-order valence-electron chi connectivity index (χ2n) is 9.75. The van der Waals surface area contributed by atoms with Crippen molar-refractivity contribution >= 4 is 22.9 Å². The number of alkyl halides is 2. The number of aromatic nitrogens is 4. The maximum absolute atomic E-state index is 13.0. The number of halogens is 2. The number of nitrogens with zero attached hydrogens (tertiary/aromatic N) is 6. The molecule has 2 saturated heterocycles. The predicted octanol–water partition coefficient (Wildman–Crippen LogP) is 3.40. The summed E-state index contributed by atoms with van der Waals surface area (Å²) in [6.07, 6.45) is 3.19. The molecule has 10 nitrogen and oxygen atoms in total. The maximum Gasteiger partial charge on any atom is 0.410 e. The van der Waals surface area contributed by atoms with Gasteiger partial charge in [-0.3, -0.25) is 19.1 Å². The summed E-state index contributed by atoms with van der Waals surface area (Å²) in [5, 5.41) is 0.508. The highest BCUT2D eigenvalue weighted by atomic mass is 19.3. The number of ether oxygens (including phenoxy) is 2. The third-order valence-electron chi connectivity index (χ3n) is 7.29. The van der Waals surface area contributed by atoms with E-state index in [1.54, 1.807) is 47.2 Å². The lowest BCUT2D eigenvalue weighted by molar-refractivity contribution is -0.0505. The topological polar surface area (TPSA) is 94.7 Å². The number of carbonyl (C=O) groups is 1. The van der Waals surface area contributed by atoms with Crippen LogP contribution in [-0.4, -0.2) is 69.2 Å². The molecule has 1 amide bonds. The summed E-state index contributed by atoms with van der Waals surface area (Å²) < 4.78 is 39.1. The molecule has 0 N–H and O–H groups in total.